The summed E-state index contributed by atoms with van der Waals surface area (Å²) >= 11 is 1.03. The molecule has 0 aliphatic rings. The molecule has 0 saturated heterocycles. The molecule has 1 heterocycles. The number of nitrogens with zero attached hydrogens (tertiary/aromatic N) is 3. The number of hydrogen-bond donors (Lipinski definition) is 1. The van der Waals surface area contributed by atoms with Crippen molar-refractivity contribution in [2.24, 2.45) is 4.40 Å². The molecule has 158 valence electrons. The van der Waals surface area contributed by atoms with Crippen LogP contribution in [0.2, 0.25) is 0 Å². The Balaban J connectivity index is 1.85. The molecule has 0 spiro atoms. The molecule has 1 aromatic heterocycles. The van der Waals surface area contributed by atoms with Crippen LogP contribution in [0, 0.1) is 20.8 Å². The summed E-state index contributed by atoms with van der Waals surface area (Å²) in [5, 5.41) is 3.27. The van der Waals surface area contributed by atoms with E-state index in [4.69, 9.17) is 0 Å². The Morgan fingerprint density at radius 2 is 1.32 bits per heavy atom. The summed E-state index contributed by atoms with van der Waals surface area (Å²) in [6.45, 7) is 5.93. The Morgan fingerprint density at radius 1 is 0.806 bits per heavy atom. The average molecular weight is 451 g/mol. The molecule has 0 saturated carbocycles. The third kappa shape index (κ3) is 4.76. The highest BCUT2D eigenvalue weighted by Gasteiger charge is 2.16. The van der Waals surface area contributed by atoms with Crippen molar-refractivity contribution in [3.05, 3.63) is 94.3 Å². The van der Waals surface area contributed by atoms with Gasteiger partial charge in [-0.3, -0.25) is 4.57 Å². The number of aryl methyl sites for hydroxylation is 3. The monoisotopic (exact) mass is 450 g/mol. The van der Waals surface area contributed by atoms with E-state index in [1.165, 1.54) is 0 Å². The molecule has 1 N–H and O–H groups in total. The van der Waals surface area contributed by atoms with Gasteiger partial charge in [0.1, 0.15) is 0 Å². The van der Waals surface area contributed by atoms with Crippen molar-refractivity contribution in [1.29, 1.82) is 0 Å². The molecule has 31 heavy (non-hydrogen) atoms. The van der Waals surface area contributed by atoms with Gasteiger partial charge in [0.15, 0.2) is 0 Å². The van der Waals surface area contributed by atoms with Crippen LogP contribution in [0.5, 0.6) is 0 Å². The fraction of sp³-hybridized carbons (Fsp3) is 0.130. The lowest BCUT2D eigenvalue weighted by atomic mass is 10.2. The largest absolute Gasteiger partial charge is 0.325 e. The van der Waals surface area contributed by atoms with E-state index in [1.54, 1.807) is 28.8 Å². The van der Waals surface area contributed by atoms with Gasteiger partial charge in [0.2, 0.25) is 10.7 Å². The van der Waals surface area contributed by atoms with E-state index in [0.717, 1.165) is 39.6 Å². The highest BCUT2D eigenvalue weighted by molar-refractivity contribution is 7.90. The topological polar surface area (TPSA) is 76.3 Å². The molecule has 8 heteroatoms. The second-order valence-corrected chi connectivity index (χ2v) is 9.66. The van der Waals surface area contributed by atoms with E-state index in [1.807, 2.05) is 69.3 Å². The molecular weight excluding hydrogens is 428 g/mol. The first kappa shape index (κ1) is 21.0. The van der Waals surface area contributed by atoms with Gasteiger partial charge < -0.3 is 5.32 Å². The van der Waals surface area contributed by atoms with Crippen molar-refractivity contribution in [2.45, 2.75) is 25.7 Å². The van der Waals surface area contributed by atoms with Crippen molar-refractivity contribution >= 4 is 33.2 Å². The van der Waals surface area contributed by atoms with Crippen LogP contribution in [0.3, 0.4) is 0 Å². The summed E-state index contributed by atoms with van der Waals surface area (Å²) in [6.07, 6.45) is 0. The van der Waals surface area contributed by atoms with Gasteiger partial charge in [0.25, 0.3) is 10.0 Å². The lowest BCUT2D eigenvalue weighted by Gasteiger charge is -2.10. The highest BCUT2D eigenvalue weighted by Crippen LogP contribution is 2.20. The van der Waals surface area contributed by atoms with Gasteiger partial charge in [-0.05, 0) is 57.2 Å². The van der Waals surface area contributed by atoms with E-state index >= 15 is 0 Å². The van der Waals surface area contributed by atoms with Gasteiger partial charge in [0, 0.05) is 17.2 Å². The van der Waals surface area contributed by atoms with Crippen LogP contribution in [0.4, 0.5) is 11.6 Å². The number of rotatable bonds is 5. The molecular formula is C23H22N4O2S2. The molecule has 0 fully saturated rings. The number of anilines is 2. The Morgan fingerprint density at radius 3 is 1.90 bits per heavy atom. The zero-order valence-corrected chi connectivity index (χ0v) is 19.0. The summed E-state index contributed by atoms with van der Waals surface area (Å²) in [4.78, 5) is 0.411. The Hall–Kier alpha value is -3.23. The van der Waals surface area contributed by atoms with Crippen LogP contribution >= 0.6 is 11.5 Å². The summed E-state index contributed by atoms with van der Waals surface area (Å²) in [5.41, 5.74) is 4.86. The van der Waals surface area contributed by atoms with Crippen LogP contribution in [0.15, 0.2) is 82.1 Å². The minimum atomic E-state index is -3.89. The number of benzene rings is 3. The smallest absolute Gasteiger partial charge is 0.285 e. The quantitative estimate of drug-likeness (QED) is 0.470. The van der Waals surface area contributed by atoms with Crippen LogP contribution in [-0.4, -0.2) is 17.4 Å². The van der Waals surface area contributed by atoms with Crippen LogP contribution in [0.25, 0.3) is 5.69 Å². The van der Waals surface area contributed by atoms with Gasteiger partial charge in [0.05, 0.1) is 10.6 Å². The fourth-order valence-electron chi connectivity index (χ4n) is 2.95. The molecule has 3 aromatic carbocycles. The van der Waals surface area contributed by atoms with Gasteiger partial charge in [-0.2, -0.15) is 12.8 Å². The number of aromatic nitrogens is 2. The molecule has 0 amide bonds. The predicted octanol–water partition coefficient (Wildman–Crippen LogP) is 4.89. The van der Waals surface area contributed by atoms with E-state index in [-0.39, 0.29) is 9.70 Å². The molecule has 0 unspecified atom stereocenters. The van der Waals surface area contributed by atoms with Gasteiger partial charge in [-0.15, -0.1) is 4.40 Å². The predicted molar refractivity (Wildman–Crippen MR) is 125 cm³/mol. The van der Waals surface area contributed by atoms with Gasteiger partial charge in [-0.25, -0.2) is 0 Å². The van der Waals surface area contributed by atoms with Crippen molar-refractivity contribution in [3.63, 3.8) is 0 Å². The average Bonchev–Trinajstić information content (AvgIpc) is 3.12. The SMILES string of the molecule is Cc1ccc(Nc2ns/c(=N/S(=O)(=O)c3ccc(C)cc3)n2-c2ccc(C)cc2)cc1. The van der Waals surface area contributed by atoms with Crippen molar-refractivity contribution in [3.8, 4) is 5.69 Å². The zero-order valence-electron chi connectivity index (χ0n) is 17.4. The van der Waals surface area contributed by atoms with E-state index in [0.29, 0.717) is 5.95 Å². The standard InChI is InChI=1S/C23H22N4O2S2/c1-16-4-10-19(11-5-16)24-22-25-30-23(27(22)20-12-6-17(2)7-13-20)26-31(28,29)21-14-8-18(3)9-15-21/h4-15H,1-3H3,(H,24,25)/b26-23+. The number of hydrogen-bond acceptors (Lipinski definition) is 5. The molecule has 0 radical (unpaired) electrons. The Labute approximate surface area is 185 Å². The summed E-state index contributed by atoms with van der Waals surface area (Å²) in [7, 11) is -3.89. The normalized spacial score (nSPS) is 12.2. The molecule has 4 aromatic rings. The molecule has 0 aliphatic carbocycles. The van der Waals surface area contributed by atoms with Crippen LogP contribution in [-0.2, 0) is 10.0 Å². The second kappa shape index (κ2) is 8.49. The maximum absolute atomic E-state index is 12.9. The van der Waals surface area contributed by atoms with Crippen LogP contribution < -0.4 is 10.1 Å². The van der Waals surface area contributed by atoms with Gasteiger partial charge in [-0.1, -0.05) is 53.1 Å². The van der Waals surface area contributed by atoms with Crippen molar-refractivity contribution in [2.75, 3.05) is 5.32 Å². The Bertz CT molecular complexity index is 1370. The second-order valence-electron chi connectivity index (χ2n) is 7.33. The first-order valence-electron chi connectivity index (χ1n) is 9.69. The van der Waals surface area contributed by atoms with E-state index < -0.39 is 10.0 Å². The maximum Gasteiger partial charge on any atom is 0.285 e. The maximum atomic E-state index is 12.9. The third-order valence-electron chi connectivity index (χ3n) is 4.73. The summed E-state index contributed by atoms with van der Waals surface area (Å²) in [5.74, 6) is 0.496. The van der Waals surface area contributed by atoms with E-state index in [2.05, 4.69) is 14.1 Å². The Kier molecular flexibility index (Phi) is 5.75. The minimum absolute atomic E-state index is 0.148. The first-order valence-corrected chi connectivity index (χ1v) is 11.9. The fourth-order valence-corrected chi connectivity index (χ4v) is 4.82. The summed E-state index contributed by atoms with van der Waals surface area (Å²) in [6, 6.07) is 22.3. The van der Waals surface area contributed by atoms with E-state index in [9.17, 15) is 8.42 Å². The molecule has 0 atom stereocenters. The molecule has 0 bridgehead atoms. The van der Waals surface area contributed by atoms with Crippen molar-refractivity contribution < 1.29 is 8.42 Å². The lowest BCUT2D eigenvalue weighted by molar-refractivity contribution is 0.596. The molecule has 6 nitrogen and oxygen atoms in total. The zero-order chi connectivity index (χ0) is 22.0. The molecule has 4 rings (SSSR count). The first-order chi connectivity index (χ1) is 14.8. The highest BCUT2D eigenvalue weighted by atomic mass is 32.2. The number of nitrogens with one attached hydrogen (secondary N) is 1. The van der Waals surface area contributed by atoms with Gasteiger partial charge >= 0.3 is 0 Å². The molecule has 0 aliphatic heterocycles. The van der Waals surface area contributed by atoms with Crippen molar-refractivity contribution in [1.82, 2.24) is 8.94 Å². The third-order valence-corrected chi connectivity index (χ3v) is 6.83. The summed E-state index contributed by atoms with van der Waals surface area (Å²) < 4.78 is 36.2. The lowest BCUT2D eigenvalue weighted by Crippen LogP contribution is -2.17. The number of sulfonamides is 1. The van der Waals surface area contributed by atoms with Crippen LogP contribution in [0.1, 0.15) is 16.7 Å². The minimum Gasteiger partial charge on any atom is -0.325 e.